The Morgan fingerprint density at radius 3 is 2.53 bits per heavy atom. The van der Waals surface area contributed by atoms with Crippen molar-refractivity contribution >= 4 is 11.6 Å². The number of tetrazole rings is 1. The normalized spacial score (nSPS) is 10.6. The number of benzene rings is 2. The van der Waals surface area contributed by atoms with Crippen LogP contribution < -0.4 is 0 Å². The number of nitrogens with zero attached hydrogens (tertiary/aromatic N) is 3. The van der Waals surface area contributed by atoms with Crippen molar-refractivity contribution < 1.29 is 5.11 Å². The molecule has 94 valence electrons. The van der Waals surface area contributed by atoms with E-state index >= 15 is 0 Å². The van der Waals surface area contributed by atoms with E-state index in [0.29, 0.717) is 22.0 Å². The third kappa shape index (κ3) is 2.15. The molecule has 5 nitrogen and oxygen atoms in total. The highest BCUT2D eigenvalue weighted by molar-refractivity contribution is 6.33. The van der Waals surface area contributed by atoms with E-state index in [0.717, 1.165) is 5.56 Å². The van der Waals surface area contributed by atoms with Gasteiger partial charge in [-0.05, 0) is 28.1 Å². The Morgan fingerprint density at radius 2 is 1.84 bits per heavy atom. The summed E-state index contributed by atoms with van der Waals surface area (Å²) in [7, 11) is 0. The summed E-state index contributed by atoms with van der Waals surface area (Å²) >= 11 is 6.22. The first-order chi connectivity index (χ1) is 9.25. The van der Waals surface area contributed by atoms with E-state index in [1.807, 2.05) is 30.3 Å². The molecule has 0 saturated carbocycles. The van der Waals surface area contributed by atoms with Gasteiger partial charge < -0.3 is 5.11 Å². The third-order valence-electron chi connectivity index (χ3n) is 2.77. The van der Waals surface area contributed by atoms with Crippen LogP contribution in [0.15, 0.2) is 42.5 Å². The van der Waals surface area contributed by atoms with Crippen LogP contribution in [0.3, 0.4) is 0 Å². The van der Waals surface area contributed by atoms with Crippen molar-refractivity contribution in [3.8, 4) is 28.3 Å². The van der Waals surface area contributed by atoms with Gasteiger partial charge in [0.2, 0.25) is 0 Å². The molecule has 0 atom stereocenters. The molecular weight excluding hydrogens is 264 g/mol. The number of phenols is 1. The van der Waals surface area contributed by atoms with Gasteiger partial charge in [0.15, 0.2) is 5.82 Å². The molecule has 0 aliphatic rings. The summed E-state index contributed by atoms with van der Waals surface area (Å²) in [5, 5.41) is 24.0. The Labute approximate surface area is 113 Å². The van der Waals surface area contributed by atoms with Crippen LogP contribution in [-0.4, -0.2) is 25.7 Å². The number of nitrogens with one attached hydrogen (secondary N) is 1. The average Bonchev–Trinajstić information content (AvgIpc) is 2.96. The average molecular weight is 273 g/mol. The lowest BCUT2D eigenvalue weighted by atomic mass is 10.0. The van der Waals surface area contributed by atoms with E-state index in [2.05, 4.69) is 20.6 Å². The molecule has 0 spiro atoms. The molecule has 0 aliphatic heterocycles. The van der Waals surface area contributed by atoms with Crippen molar-refractivity contribution in [2.45, 2.75) is 0 Å². The first-order valence-corrected chi connectivity index (χ1v) is 5.95. The number of H-pyrrole nitrogens is 1. The van der Waals surface area contributed by atoms with Gasteiger partial charge in [0.1, 0.15) is 5.75 Å². The van der Waals surface area contributed by atoms with E-state index in [4.69, 9.17) is 11.6 Å². The van der Waals surface area contributed by atoms with Gasteiger partial charge in [-0.3, -0.25) is 0 Å². The SMILES string of the molecule is Oc1cc(-c2nnn[nH]2)c(Cl)cc1-c1ccccc1. The van der Waals surface area contributed by atoms with Gasteiger partial charge >= 0.3 is 0 Å². The van der Waals surface area contributed by atoms with Crippen LogP contribution in [0.2, 0.25) is 5.02 Å². The fourth-order valence-electron chi connectivity index (χ4n) is 1.87. The zero-order chi connectivity index (χ0) is 13.2. The number of phenolic OH excluding ortho intramolecular Hbond substituents is 1. The molecule has 0 amide bonds. The number of aromatic hydroxyl groups is 1. The van der Waals surface area contributed by atoms with Gasteiger partial charge in [-0.15, -0.1) is 5.10 Å². The number of halogens is 1. The maximum absolute atomic E-state index is 10.1. The van der Waals surface area contributed by atoms with Crippen molar-refractivity contribution in [2.24, 2.45) is 0 Å². The first-order valence-electron chi connectivity index (χ1n) is 5.58. The summed E-state index contributed by atoms with van der Waals surface area (Å²) < 4.78 is 0. The molecule has 19 heavy (non-hydrogen) atoms. The van der Waals surface area contributed by atoms with Crippen molar-refractivity contribution in [3.63, 3.8) is 0 Å². The van der Waals surface area contributed by atoms with Crippen LogP contribution in [0.1, 0.15) is 0 Å². The lowest BCUT2D eigenvalue weighted by Gasteiger charge is -2.08. The van der Waals surface area contributed by atoms with Crippen LogP contribution in [0.25, 0.3) is 22.5 Å². The van der Waals surface area contributed by atoms with E-state index in [9.17, 15) is 5.11 Å². The summed E-state index contributed by atoms with van der Waals surface area (Å²) in [6.07, 6.45) is 0. The number of aromatic nitrogens is 4. The molecule has 0 unspecified atom stereocenters. The second-order valence-corrected chi connectivity index (χ2v) is 4.37. The predicted octanol–water partition coefficient (Wildman–Crippen LogP) is 2.89. The molecule has 0 fully saturated rings. The first kappa shape index (κ1) is 11.7. The molecule has 0 aliphatic carbocycles. The van der Waals surface area contributed by atoms with Gasteiger partial charge in [-0.1, -0.05) is 41.9 Å². The second kappa shape index (κ2) is 4.70. The molecule has 1 heterocycles. The van der Waals surface area contributed by atoms with Gasteiger partial charge in [0, 0.05) is 11.1 Å². The topological polar surface area (TPSA) is 74.7 Å². The van der Waals surface area contributed by atoms with E-state index in [1.165, 1.54) is 0 Å². The molecule has 0 radical (unpaired) electrons. The van der Waals surface area contributed by atoms with Crippen LogP contribution >= 0.6 is 11.6 Å². The molecule has 3 aromatic rings. The molecule has 1 aromatic heterocycles. The zero-order valence-electron chi connectivity index (χ0n) is 9.71. The number of hydrogen-bond donors (Lipinski definition) is 2. The van der Waals surface area contributed by atoms with Crippen LogP contribution in [0.4, 0.5) is 0 Å². The molecule has 2 aromatic carbocycles. The number of hydrogen-bond acceptors (Lipinski definition) is 4. The van der Waals surface area contributed by atoms with Gasteiger partial charge in [-0.2, -0.15) is 0 Å². The molecule has 2 N–H and O–H groups in total. The lowest BCUT2D eigenvalue weighted by molar-refractivity contribution is 0.477. The summed E-state index contributed by atoms with van der Waals surface area (Å²) in [5.41, 5.74) is 2.12. The third-order valence-corrected chi connectivity index (χ3v) is 3.08. The minimum atomic E-state index is 0.127. The van der Waals surface area contributed by atoms with E-state index in [1.54, 1.807) is 12.1 Å². The molecule has 6 heteroatoms. The Bertz CT molecular complexity index is 698. The Morgan fingerprint density at radius 1 is 1.05 bits per heavy atom. The van der Waals surface area contributed by atoms with E-state index in [-0.39, 0.29) is 5.75 Å². The van der Waals surface area contributed by atoms with Crippen LogP contribution in [0.5, 0.6) is 5.75 Å². The highest BCUT2D eigenvalue weighted by Gasteiger charge is 2.13. The number of aromatic amines is 1. The maximum atomic E-state index is 10.1. The Hall–Kier alpha value is -2.40. The maximum Gasteiger partial charge on any atom is 0.181 e. The highest BCUT2D eigenvalue weighted by atomic mass is 35.5. The summed E-state index contributed by atoms with van der Waals surface area (Å²) in [4.78, 5) is 0. The largest absolute Gasteiger partial charge is 0.507 e. The highest BCUT2D eigenvalue weighted by Crippen LogP contribution is 2.37. The van der Waals surface area contributed by atoms with E-state index < -0.39 is 0 Å². The van der Waals surface area contributed by atoms with Crippen molar-refractivity contribution in [1.82, 2.24) is 20.6 Å². The molecule has 0 saturated heterocycles. The molecule has 3 rings (SSSR count). The second-order valence-electron chi connectivity index (χ2n) is 3.97. The quantitative estimate of drug-likeness (QED) is 0.752. The lowest BCUT2D eigenvalue weighted by Crippen LogP contribution is -1.86. The summed E-state index contributed by atoms with van der Waals surface area (Å²) in [6.45, 7) is 0. The fraction of sp³-hybridized carbons (Fsp3) is 0. The van der Waals surface area contributed by atoms with Crippen molar-refractivity contribution in [1.29, 1.82) is 0 Å². The zero-order valence-corrected chi connectivity index (χ0v) is 10.5. The van der Waals surface area contributed by atoms with Gasteiger partial charge in [0.05, 0.1) is 5.02 Å². The molecular formula is C13H9ClN4O. The Kier molecular flexibility index (Phi) is 2.89. The fourth-order valence-corrected chi connectivity index (χ4v) is 2.12. The summed E-state index contributed by atoms with van der Waals surface area (Å²) in [5.74, 6) is 0.543. The minimum absolute atomic E-state index is 0.127. The smallest absolute Gasteiger partial charge is 0.181 e. The van der Waals surface area contributed by atoms with Crippen molar-refractivity contribution in [3.05, 3.63) is 47.5 Å². The minimum Gasteiger partial charge on any atom is -0.507 e. The molecule has 0 bridgehead atoms. The van der Waals surface area contributed by atoms with Crippen LogP contribution in [-0.2, 0) is 0 Å². The standard InChI is InChI=1S/C13H9ClN4O/c14-11-6-9(8-4-2-1-3-5-8)12(19)7-10(11)13-15-17-18-16-13/h1-7,19H,(H,15,16,17,18). The summed E-state index contributed by atoms with van der Waals surface area (Å²) in [6, 6.07) is 12.8. The van der Waals surface area contributed by atoms with Gasteiger partial charge in [0.25, 0.3) is 0 Å². The van der Waals surface area contributed by atoms with Gasteiger partial charge in [-0.25, -0.2) is 5.10 Å². The predicted molar refractivity (Wildman–Crippen MR) is 71.7 cm³/mol. The Balaban J connectivity index is 2.14. The van der Waals surface area contributed by atoms with Crippen molar-refractivity contribution in [2.75, 3.05) is 0 Å². The monoisotopic (exact) mass is 272 g/mol. The number of rotatable bonds is 2. The van der Waals surface area contributed by atoms with Crippen LogP contribution in [0, 0.1) is 0 Å².